The number of morpholine rings is 1. The van der Waals surface area contributed by atoms with Gasteiger partial charge in [0.05, 0.1) is 19.3 Å². The number of ether oxygens (including phenoxy) is 2. The fourth-order valence-electron chi connectivity index (χ4n) is 1.40. The molecule has 1 unspecified atom stereocenters. The van der Waals surface area contributed by atoms with E-state index in [1.807, 2.05) is 0 Å². The number of nitrogens with one attached hydrogen (secondary N) is 2. The molecule has 1 heterocycles. The van der Waals surface area contributed by atoms with Gasteiger partial charge >= 0.3 is 0 Å². The molecule has 2 N–H and O–H groups in total. The van der Waals surface area contributed by atoms with Gasteiger partial charge in [0.25, 0.3) is 0 Å². The number of amides is 1. The normalized spacial score (nSPS) is 21.3. The summed E-state index contributed by atoms with van der Waals surface area (Å²) in [6.45, 7) is 3.77. The third kappa shape index (κ3) is 5.71. The molecule has 0 aromatic rings. The summed E-state index contributed by atoms with van der Waals surface area (Å²) in [7, 11) is 1.64. The Hall–Kier alpha value is -0.650. The van der Waals surface area contributed by atoms with E-state index in [-0.39, 0.29) is 12.0 Å². The molecule has 5 nitrogen and oxygen atoms in total. The van der Waals surface area contributed by atoms with Crippen LogP contribution in [0.2, 0.25) is 0 Å². The Labute approximate surface area is 90.5 Å². The minimum Gasteiger partial charge on any atom is -0.379 e. The molecule has 0 saturated carbocycles. The lowest BCUT2D eigenvalue weighted by Gasteiger charge is -2.23. The first-order valence-corrected chi connectivity index (χ1v) is 5.43. The van der Waals surface area contributed by atoms with Crippen LogP contribution < -0.4 is 10.6 Å². The molecule has 1 saturated heterocycles. The zero-order valence-electron chi connectivity index (χ0n) is 9.25. The van der Waals surface area contributed by atoms with Crippen LogP contribution in [0.1, 0.15) is 12.8 Å². The van der Waals surface area contributed by atoms with E-state index < -0.39 is 0 Å². The van der Waals surface area contributed by atoms with Crippen molar-refractivity contribution in [2.24, 2.45) is 0 Å². The molecule has 1 amide bonds. The largest absolute Gasteiger partial charge is 0.379 e. The van der Waals surface area contributed by atoms with Gasteiger partial charge in [-0.15, -0.1) is 0 Å². The minimum absolute atomic E-state index is 0.0641. The fourth-order valence-corrected chi connectivity index (χ4v) is 1.40. The molecule has 0 aromatic carbocycles. The van der Waals surface area contributed by atoms with E-state index in [2.05, 4.69) is 10.6 Å². The van der Waals surface area contributed by atoms with Crippen molar-refractivity contribution >= 4 is 5.91 Å². The van der Waals surface area contributed by atoms with Gasteiger partial charge in [-0.3, -0.25) is 4.79 Å². The fraction of sp³-hybridized carbons (Fsp3) is 0.900. The summed E-state index contributed by atoms with van der Waals surface area (Å²) >= 11 is 0. The quantitative estimate of drug-likeness (QED) is 0.589. The first-order chi connectivity index (χ1) is 7.33. The first kappa shape index (κ1) is 12.4. The van der Waals surface area contributed by atoms with Crippen LogP contribution in [0.5, 0.6) is 0 Å². The second kappa shape index (κ2) is 7.62. The molecule has 1 aliphatic rings. The first-order valence-electron chi connectivity index (χ1n) is 5.43. The van der Waals surface area contributed by atoms with Gasteiger partial charge in [-0.1, -0.05) is 0 Å². The van der Waals surface area contributed by atoms with Crippen molar-refractivity contribution in [2.45, 2.75) is 18.9 Å². The Balaban J connectivity index is 1.89. The predicted molar refractivity (Wildman–Crippen MR) is 56.7 cm³/mol. The predicted octanol–water partition coefficient (Wildman–Crippen LogP) is -0.482. The van der Waals surface area contributed by atoms with Crippen molar-refractivity contribution < 1.29 is 14.3 Å². The maximum Gasteiger partial charge on any atom is 0.219 e. The second-order valence-corrected chi connectivity index (χ2v) is 3.55. The summed E-state index contributed by atoms with van der Waals surface area (Å²) in [4.78, 5) is 10.9. The van der Waals surface area contributed by atoms with Crippen molar-refractivity contribution in [3.63, 3.8) is 0 Å². The summed E-state index contributed by atoms with van der Waals surface area (Å²) in [5.41, 5.74) is 0. The lowest BCUT2D eigenvalue weighted by molar-refractivity contribution is -0.121. The number of hydrogen-bond donors (Lipinski definition) is 2. The Morgan fingerprint density at radius 2 is 2.53 bits per heavy atom. The van der Waals surface area contributed by atoms with Crippen LogP contribution in [0.3, 0.4) is 0 Å². The number of rotatable bonds is 6. The van der Waals surface area contributed by atoms with Gasteiger partial charge < -0.3 is 20.1 Å². The summed E-state index contributed by atoms with van der Waals surface area (Å²) in [5, 5.41) is 5.81. The van der Waals surface area contributed by atoms with Gasteiger partial charge in [0.2, 0.25) is 5.91 Å². The summed E-state index contributed by atoms with van der Waals surface area (Å²) < 4.78 is 10.9. The van der Waals surface area contributed by atoms with Crippen LogP contribution in [0, 0.1) is 0 Å². The molecule has 0 bridgehead atoms. The SMILES string of the molecule is CNC(=O)CCCOCC1CNCCO1. The molecule has 0 radical (unpaired) electrons. The molecule has 1 rings (SSSR count). The van der Waals surface area contributed by atoms with E-state index in [1.165, 1.54) is 0 Å². The molecule has 88 valence electrons. The molecule has 15 heavy (non-hydrogen) atoms. The van der Waals surface area contributed by atoms with Gasteiger partial charge in [-0.25, -0.2) is 0 Å². The zero-order chi connectivity index (χ0) is 10.9. The van der Waals surface area contributed by atoms with Crippen LogP contribution in [-0.2, 0) is 14.3 Å². The standard InChI is InChI=1S/C10H20N2O3/c1-11-10(13)3-2-5-14-8-9-7-12-4-6-15-9/h9,12H,2-8H2,1H3,(H,11,13). The third-order valence-corrected chi connectivity index (χ3v) is 2.28. The van der Waals surface area contributed by atoms with Crippen LogP contribution in [0.4, 0.5) is 0 Å². The topological polar surface area (TPSA) is 59.6 Å². The molecular weight excluding hydrogens is 196 g/mol. The van der Waals surface area contributed by atoms with E-state index in [1.54, 1.807) is 7.05 Å². The van der Waals surface area contributed by atoms with Crippen molar-refractivity contribution in [3.05, 3.63) is 0 Å². The van der Waals surface area contributed by atoms with Gasteiger partial charge in [-0.2, -0.15) is 0 Å². The summed E-state index contributed by atoms with van der Waals surface area (Å²) in [6.07, 6.45) is 1.46. The highest BCUT2D eigenvalue weighted by molar-refractivity contribution is 5.75. The van der Waals surface area contributed by atoms with Crippen molar-refractivity contribution in [1.29, 1.82) is 0 Å². The minimum atomic E-state index is 0.0641. The lowest BCUT2D eigenvalue weighted by Crippen LogP contribution is -2.41. The molecule has 0 spiro atoms. The summed E-state index contributed by atoms with van der Waals surface area (Å²) in [6, 6.07) is 0. The van der Waals surface area contributed by atoms with Gasteiger partial charge in [0.1, 0.15) is 0 Å². The Morgan fingerprint density at radius 1 is 1.67 bits per heavy atom. The van der Waals surface area contributed by atoms with E-state index >= 15 is 0 Å². The van der Waals surface area contributed by atoms with Crippen molar-refractivity contribution in [3.8, 4) is 0 Å². The zero-order valence-corrected chi connectivity index (χ0v) is 9.25. The summed E-state index contributed by atoms with van der Waals surface area (Å²) in [5.74, 6) is 0.0641. The highest BCUT2D eigenvalue weighted by atomic mass is 16.5. The van der Waals surface area contributed by atoms with E-state index in [0.717, 1.165) is 26.1 Å². The molecular formula is C10H20N2O3. The molecule has 1 atom stereocenters. The monoisotopic (exact) mass is 216 g/mol. The van der Waals surface area contributed by atoms with E-state index in [9.17, 15) is 4.79 Å². The Morgan fingerprint density at radius 3 is 3.20 bits per heavy atom. The Bertz CT molecular complexity index is 182. The van der Waals surface area contributed by atoms with Crippen LogP contribution in [0.25, 0.3) is 0 Å². The number of hydrogen-bond acceptors (Lipinski definition) is 4. The highest BCUT2D eigenvalue weighted by Crippen LogP contribution is 1.98. The average molecular weight is 216 g/mol. The molecule has 0 aromatic heterocycles. The molecule has 0 aliphatic carbocycles. The smallest absolute Gasteiger partial charge is 0.219 e. The van der Waals surface area contributed by atoms with Crippen molar-refractivity contribution in [1.82, 2.24) is 10.6 Å². The van der Waals surface area contributed by atoms with Crippen LogP contribution in [0.15, 0.2) is 0 Å². The number of carbonyl (C=O) groups excluding carboxylic acids is 1. The third-order valence-electron chi connectivity index (χ3n) is 2.28. The molecule has 1 aliphatic heterocycles. The highest BCUT2D eigenvalue weighted by Gasteiger charge is 2.12. The Kier molecular flexibility index (Phi) is 6.31. The molecule has 5 heteroatoms. The molecule has 1 fully saturated rings. The second-order valence-electron chi connectivity index (χ2n) is 3.55. The maximum absolute atomic E-state index is 10.9. The van der Waals surface area contributed by atoms with E-state index in [0.29, 0.717) is 19.6 Å². The lowest BCUT2D eigenvalue weighted by atomic mass is 10.3. The average Bonchev–Trinajstić information content (AvgIpc) is 2.29. The van der Waals surface area contributed by atoms with Gasteiger partial charge in [0.15, 0.2) is 0 Å². The van der Waals surface area contributed by atoms with Crippen LogP contribution >= 0.6 is 0 Å². The van der Waals surface area contributed by atoms with Gasteiger partial charge in [0, 0.05) is 33.2 Å². The van der Waals surface area contributed by atoms with Gasteiger partial charge in [-0.05, 0) is 6.42 Å². The maximum atomic E-state index is 10.9. The van der Waals surface area contributed by atoms with Crippen LogP contribution in [-0.4, -0.2) is 52.0 Å². The van der Waals surface area contributed by atoms with Crippen molar-refractivity contribution in [2.75, 3.05) is 40.0 Å². The van der Waals surface area contributed by atoms with E-state index in [4.69, 9.17) is 9.47 Å². The number of carbonyl (C=O) groups is 1.